The highest BCUT2D eigenvalue weighted by molar-refractivity contribution is 5.88. The number of aryl methyl sites for hydroxylation is 3. The van der Waals surface area contributed by atoms with Crippen molar-refractivity contribution in [2.24, 2.45) is 0 Å². The Morgan fingerprint density at radius 1 is 1.20 bits per heavy atom. The third-order valence-electron chi connectivity index (χ3n) is 5.88. The molecule has 2 heterocycles. The van der Waals surface area contributed by atoms with Gasteiger partial charge in [-0.15, -0.1) is 0 Å². The molecule has 1 saturated carbocycles. The molecule has 0 saturated heterocycles. The van der Waals surface area contributed by atoms with E-state index >= 15 is 0 Å². The molecule has 2 amide bonds. The van der Waals surface area contributed by atoms with Crippen LogP contribution >= 0.6 is 0 Å². The van der Waals surface area contributed by atoms with Crippen molar-refractivity contribution in [3.05, 3.63) is 17.1 Å². The average Bonchev–Trinajstić information content (AvgIpc) is 3.09. The third-order valence-corrected chi connectivity index (χ3v) is 5.88. The number of nitrogen functional groups attached to an aromatic ring is 1. The number of urea groups is 1. The van der Waals surface area contributed by atoms with Gasteiger partial charge in [-0.1, -0.05) is 26.2 Å². The molecule has 0 bridgehead atoms. The Bertz CT molecular complexity index is 857. The highest BCUT2D eigenvalue weighted by Gasteiger charge is 2.17. The summed E-state index contributed by atoms with van der Waals surface area (Å²) in [4.78, 5) is 21.2. The van der Waals surface area contributed by atoms with Gasteiger partial charge in [-0.05, 0) is 38.7 Å². The van der Waals surface area contributed by atoms with Gasteiger partial charge in [-0.25, -0.2) is 14.8 Å². The van der Waals surface area contributed by atoms with Crippen LogP contribution in [0.5, 0.6) is 0 Å². The van der Waals surface area contributed by atoms with E-state index < -0.39 is 0 Å². The SMILES string of the molecule is CCCc1nc2c(N)nc(C)c(C)c2n1CCOCCNC(=O)NC1CCCCC1. The molecular formula is C22H36N6O2. The zero-order valence-electron chi connectivity index (χ0n) is 18.6. The normalized spacial score (nSPS) is 14.9. The Hall–Kier alpha value is -2.35. The molecule has 0 aromatic carbocycles. The number of rotatable bonds is 9. The Morgan fingerprint density at radius 3 is 2.70 bits per heavy atom. The number of ether oxygens (including phenoxy) is 1. The minimum absolute atomic E-state index is 0.0922. The standard InChI is InChI=1S/C22H36N6O2/c1-4-8-18-27-19-20(15(2)16(3)25-21(19)23)28(18)12-14-30-13-11-24-22(29)26-17-9-6-5-7-10-17/h17H,4-14H2,1-3H3,(H2,23,25)(H2,24,26,29). The second-order valence-corrected chi connectivity index (χ2v) is 8.18. The van der Waals surface area contributed by atoms with Crippen LogP contribution in [0.3, 0.4) is 0 Å². The zero-order valence-corrected chi connectivity index (χ0v) is 18.6. The summed E-state index contributed by atoms with van der Waals surface area (Å²) in [6.07, 6.45) is 7.76. The van der Waals surface area contributed by atoms with Gasteiger partial charge in [0.05, 0.1) is 18.7 Å². The zero-order chi connectivity index (χ0) is 21.5. The van der Waals surface area contributed by atoms with Crippen molar-refractivity contribution in [1.29, 1.82) is 0 Å². The fraction of sp³-hybridized carbons (Fsp3) is 0.682. The van der Waals surface area contributed by atoms with Crippen molar-refractivity contribution in [1.82, 2.24) is 25.2 Å². The molecular weight excluding hydrogens is 380 g/mol. The first kappa shape index (κ1) is 22.3. The molecule has 8 nitrogen and oxygen atoms in total. The highest BCUT2D eigenvalue weighted by atomic mass is 16.5. The van der Waals surface area contributed by atoms with E-state index in [0.717, 1.165) is 53.8 Å². The van der Waals surface area contributed by atoms with Gasteiger partial charge in [-0.3, -0.25) is 0 Å². The number of fused-ring (bicyclic) bond motifs is 1. The van der Waals surface area contributed by atoms with Gasteiger partial charge in [0.15, 0.2) is 5.82 Å². The lowest BCUT2D eigenvalue weighted by Gasteiger charge is -2.22. The minimum atomic E-state index is -0.0922. The lowest BCUT2D eigenvalue weighted by molar-refractivity contribution is 0.128. The summed E-state index contributed by atoms with van der Waals surface area (Å²) >= 11 is 0. The predicted molar refractivity (Wildman–Crippen MR) is 120 cm³/mol. The van der Waals surface area contributed by atoms with Gasteiger partial charge < -0.3 is 25.7 Å². The Kier molecular flexibility index (Phi) is 7.90. The van der Waals surface area contributed by atoms with Gasteiger partial charge >= 0.3 is 6.03 Å². The van der Waals surface area contributed by atoms with Crippen molar-refractivity contribution in [3.63, 3.8) is 0 Å². The van der Waals surface area contributed by atoms with Crippen LogP contribution in [-0.2, 0) is 17.7 Å². The second kappa shape index (κ2) is 10.6. The summed E-state index contributed by atoms with van der Waals surface area (Å²) in [6, 6.07) is 0.227. The smallest absolute Gasteiger partial charge is 0.315 e. The van der Waals surface area contributed by atoms with Gasteiger partial charge in [0.25, 0.3) is 0 Å². The first-order valence-corrected chi connectivity index (χ1v) is 11.2. The van der Waals surface area contributed by atoms with Crippen molar-refractivity contribution in [2.75, 3.05) is 25.5 Å². The van der Waals surface area contributed by atoms with E-state index in [2.05, 4.69) is 34.0 Å². The van der Waals surface area contributed by atoms with Crippen LogP contribution in [0.25, 0.3) is 11.0 Å². The Morgan fingerprint density at radius 2 is 1.97 bits per heavy atom. The van der Waals surface area contributed by atoms with Crippen LogP contribution < -0.4 is 16.4 Å². The molecule has 1 aliphatic carbocycles. The number of nitrogens with zero attached hydrogens (tertiary/aromatic N) is 3. The summed E-state index contributed by atoms with van der Waals surface area (Å²) in [7, 11) is 0. The number of carbonyl (C=O) groups excluding carboxylic acids is 1. The predicted octanol–water partition coefficient (Wildman–Crippen LogP) is 3.23. The summed E-state index contributed by atoms with van der Waals surface area (Å²) in [5.41, 5.74) is 10.00. The average molecular weight is 417 g/mol. The first-order valence-electron chi connectivity index (χ1n) is 11.2. The van der Waals surface area contributed by atoms with Gasteiger partial charge in [0.2, 0.25) is 0 Å². The van der Waals surface area contributed by atoms with Crippen molar-refractivity contribution in [3.8, 4) is 0 Å². The number of hydrogen-bond donors (Lipinski definition) is 3. The number of carbonyl (C=O) groups is 1. The Labute approximate surface area is 179 Å². The topological polar surface area (TPSA) is 107 Å². The molecule has 1 aliphatic rings. The number of nitrogens with two attached hydrogens (primary N) is 1. The van der Waals surface area contributed by atoms with E-state index in [-0.39, 0.29) is 6.03 Å². The molecule has 2 aromatic heterocycles. The maximum absolute atomic E-state index is 12.0. The molecule has 1 fully saturated rings. The molecule has 166 valence electrons. The molecule has 0 aliphatic heterocycles. The van der Waals surface area contributed by atoms with E-state index in [4.69, 9.17) is 15.5 Å². The minimum Gasteiger partial charge on any atom is -0.382 e. The summed E-state index contributed by atoms with van der Waals surface area (Å²) in [5, 5.41) is 5.94. The van der Waals surface area contributed by atoms with Crippen LogP contribution in [0.4, 0.5) is 10.6 Å². The van der Waals surface area contributed by atoms with Crippen LogP contribution in [-0.4, -0.2) is 46.4 Å². The number of nitrogens with one attached hydrogen (secondary N) is 2. The van der Waals surface area contributed by atoms with Crippen LogP contribution in [0.15, 0.2) is 0 Å². The molecule has 0 spiro atoms. The molecule has 30 heavy (non-hydrogen) atoms. The van der Waals surface area contributed by atoms with E-state index in [9.17, 15) is 4.79 Å². The molecule has 3 rings (SSSR count). The lowest BCUT2D eigenvalue weighted by atomic mass is 9.96. The number of pyridine rings is 1. The molecule has 4 N–H and O–H groups in total. The quantitative estimate of drug-likeness (QED) is 0.544. The van der Waals surface area contributed by atoms with Crippen LogP contribution in [0.1, 0.15) is 62.5 Å². The van der Waals surface area contributed by atoms with E-state index in [1.807, 2.05) is 6.92 Å². The number of amides is 2. The van der Waals surface area contributed by atoms with Crippen molar-refractivity contribution < 1.29 is 9.53 Å². The highest BCUT2D eigenvalue weighted by Crippen LogP contribution is 2.26. The number of anilines is 1. The number of aromatic nitrogens is 3. The summed E-state index contributed by atoms with van der Waals surface area (Å²) in [6.45, 7) is 8.41. The van der Waals surface area contributed by atoms with Crippen LogP contribution in [0, 0.1) is 13.8 Å². The maximum atomic E-state index is 12.0. The lowest BCUT2D eigenvalue weighted by Crippen LogP contribution is -2.43. The molecule has 0 unspecified atom stereocenters. The third kappa shape index (κ3) is 5.41. The van der Waals surface area contributed by atoms with Crippen molar-refractivity contribution in [2.45, 2.75) is 78.3 Å². The summed E-state index contributed by atoms with van der Waals surface area (Å²) < 4.78 is 8.00. The molecule has 2 aromatic rings. The largest absolute Gasteiger partial charge is 0.382 e. The van der Waals surface area contributed by atoms with Gasteiger partial charge in [0.1, 0.15) is 11.3 Å². The molecule has 0 atom stereocenters. The van der Waals surface area contributed by atoms with E-state index in [1.54, 1.807) is 0 Å². The maximum Gasteiger partial charge on any atom is 0.315 e. The van der Waals surface area contributed by atoms with E-state index in [1.165, 1.54) is 19.3 Å². The van der Waals surface area contributed by atoms with Gasteiger partial charge in [-0.2, -0.15) is 0 Å². The number of hydrogen-bond acceptors (Lipinski definition) is 5. The first-order chi connectivity index (χ1) is 14.5. The van der Waals surface area contributed by atoms with E-state index in [0.29, 0.717) is 38.2 Å². The Balaban J connectivity index is 1.49. The fourth-order valence-electron chi connectivity index (χ4n) is 4.18. The molecule has 8 heteroatoms. The van der Waals surface area contributed by atoms with Crippen LogP contribution in [0.2, 0.25) is 0 Å². The molecule has 0 radical (unpaired) electrons. The summed E-state index contributed by atoms with van der Waals surface area (Å²) in [5.74, 6) is 1.50. The number of imidazole rings is 1. The van der Waals surface area contributed by atoms with Gasteiger partial charge in [0, 0.05) is 31.2 Å². The second-order valence-electron chi connectivity index (χ2n) is 8.18. The fourth-order valence-corrected chi connectivity index (χ4v) is 4.18. The van der Waals surface area contributed by atoms with Crippen molar-refractivity contribution >= 4 is 22.9 Å². The monoisotopic (exact) mass is 416 g/mol.